The van der Waals surface area contributed by atoms with Crippen molar-refractivity contribution in [2.24, 2.45) is 0 Å². The maximum atomic E-state index is 10.9. The third-order valence-corrected chi connectivity index (χ3v) is 20.2. The summed E-state index contributed by atoms with van der Waals surface area (Å²) in [6, 6.07) is 6.66. The fourth-order valence-electron chi connectivity index (χ4n) is 4.86. The van der Waals surface area contributed by atoms with Gasteiger partial charge in [0.15, 0.2) is 0 Å². The maximum absolute atomic E-state index is 10.9. The predicted molar refractivity (Wildman–Crippen MR) is 233 cm³/mol. The fourth-order valence-corrected chi connectivity index (χ4v) is 18.6. The van der Waals surface area contributed by atoms with Gasteiger partial charge in [-0.25, -0.2) is 0 Å². The number of phosphoric acid groups is 4. The molecule has 4 aromatic rings. The van der Waals surface area contributed by atoms with Crippen molar-refractivity contribution in [3.8, 4) is 0 Å². The molecule has 0 bridgehead atoms. The Balaban J connectivity index is -0.000000104. The van der Waals surface area contributed by atoms with Crippen molar-refractivity contribution in [1.82, 2.24) is 0 Å². The molecule has 4 rings (SSSR count). The van der Waals surface area contributed by atoms with Crippen LogP contribution in [0.3, 0.4) is 0 Å². The van der Waals surface area contributed by atoms with E-state index in [0.29, 0.717) is 72.8 Å². The zero-order chi connectivity index (χ0) is 75.4. The Morgan fingerprint density at radius 3 is 0.354 bits per heavy atom. The van der Waals surface area contributed by atoms with Gasteiger partial charge in [-0.2, -0.15) is 65.0 Å². The van der Waals surface area contributed by atoms with Gasteiger partial charge in [0.1, 0.15) is 19.6 Å². The first-order chi connectivity index (χ1) is 39.4. The molecule has 0 radical (unpaired) electrons. The van der Waals surface area contributed by atoms with Gasteiger partial charge in [0.2, 0.25) is 0 Å². The molecule has 0 fully saturated rings. The van der Waals surface area contributed by atoms with Crippen LogP contribution >= 0.6 is 92.1 Å². The second-order valence-electron chi connectivity index (χ2n) is 14.2. The van der Waals surface area contributed by atoms with Crippen LogP contribution in [-0.4, -0.2) is 51.9 Å². The van der Waals surface area contributed by atoms with E-state index in [0.717, 1.165) is 0 Å². The first-order valence-electron chi connectivity index (χ1n) is 18.9. The first kappa shape index (κ1) is 127. The van der Waals surface area contributed by atoms with Crippen LogP contribution in [0.5, 0.6) is 0 Å². The van der Waals surface area contributed by atoms with Crippen LogP contribution in [0, 0.1) is 0 Å². The Morgan fingerprint density at radius 1 is 0.202 bits per heavy atom. The van der Waals surface area contributed by atoms with Crippen LogP contribution in [0.2, 0.25) is 0 Å². The van der Waals surface area contributed by atoms with Crippen molar-refractivity contribution < 1.29 is 427 Å². The van der Waals surface area contributed by atoms with Gasteiger partial charge in [-0.05, 0) is 106 Å². The standard InChI is InChI=1S/4C6H8O9P2S.4H3O4P.7Zr/c4*7-16(8,9)4-2-1-3-5(18(13,14)15)6(4)17(10,11)12;4*1-5(2,3)4;;;;;;;/h4*1-3H,(H2,7,8,9)(H2,10,11,12)(H,13,14,15);4*(H3,1,2,3,4);;;;;;;/q;;;;;;;;7*+4/p-28. The molecule has 4 N–H and O–H groups in total. The topological polar surface area (TPSA) is 1070 Å². The molecule has 75 heteroatoms. The molecular formula is C24H16O52P12S4Zr7. The number of hydrogen-bond donors (Lipinski definition) is 4. The quantitative estimate of drug-likeness (QED) is 0.0756. The van der Waals surface area contributed by atoms with Gasteiger partial charge in [-0.3, -0.25) is 18.2 Å². The van der Waals surface area contributed by atoms with Gasteiger partial charge in [0, 0.05) is 21.2 Å². The van der Waals surface area contributed by atoms with E-state index in [9.17, 15) is 148 Å². The first-order valence-corrected chi connectivity index (χ1v) is 42.9. The Labute approximate surface area is 685 Å². The Bertz CT molecular complexity index is 3800. The summed E-state index contributed by atoms with van der Waals surface area (Å²) in [5.74, 6) is 0. The van der Waals surface area contributed by atoms with Crippen molar-refractivity contribution in [1.29, 1.82) is 0 Å². The van der Waals surface area contributed by atoms with Gasteiger partial charge in [-0.15, -0.1) is 0 Å². The van der Waals surface area contributed by atoms with Gasteiger partial charge in [0.25, 0.3) is 40.5 Å². The third-order valence-electron chi connectivity index (χ3n) is 7.30. The van der Waals surface area contributed by atoms with Crippen LogP contribution in [-0.2, 0) is 279 Å². The van der Waals surface area contributed by atoms with Gasteiger partial charge < -0.3 is 192 Å². The van der Waals surface area contributed by atoms with Crippen LogP contribution in [0.1, 0.15) is 0 Å². The molecule has 0 atom stereocenters. The van der Waals surface area contributed by atoms with Crippen molar-refractivity contribution in [3.63, 3.8) is 0 Å². The SMILES string of the molecule is O=P([O-])([O-])[O-].O=P([O-])([O-])[O-].O=P([O-])([O-])[O-].O=P([O-])([O-])[O-].O=P([O-])([O-])c1cccc(S(=O)(=O)O)c1P(=O)([O-])[O-].O=P([O-])([O-])c1cccc(S(=O)(=O)O)c1P(=O)([O-])[O-].O=P([O-])([O-])c1cccc(S(=O)(=O)O)c1P(=O)([O-])[O-].O=P([O-])([O-])c1cccc(S(=O)(=O)O)c1P(=O)([O-])[O-].[Zr+4].[Zr+4].[Zr+4].[Zr+4].[Zr+4].[Zr+4].[Zr+4]. The van der Waals surface area contributed by atoms with Gasteiger partial charge >= 0.3 is 183 Å². The molecule has 0 heterocycles. The molecule has 0 aliphatic heterocycles. The van der Waals surface area contributed by atoms with Crippen LogP contribution < -0.4 is 179 Å². The van der Waals surface area contributed by atoms with E-state index in [1.54, 1.807) is 0 Å². The molecule has 0 aromatic heterocycles. The maximum Gasteiger partial charge on any atom is 4.00 e. The summed E-state index contributed by atoms with van der Waals surface area (Å²) < 4.78 is 242. The second kappa shape index (κ2) is 47.8. The molecule has 0 aliphatic rings. The average Bonchev–Trinajstić information content (AvgIpc) is 3.23. The molecule has 0 aliphatic carbocycles. The Kier molecular flexibility index (Phi) is 61.2. The van der Waals surface area contributed by atoms with E-state index in [4.69, 9.17) is 95.2 Å². The van der Waals surface area contributed by atoms with E-state index in [-0.39, 0.29) is 183 Å². The third kappa shape index (κ3) is 58.8. The van der Waals surface area contributed by atoms with E-state index in [2.05, 4.69) is 0 Å². The number of benzene rings is 4. The van der Waals surface area contributed by atoms with Crippen molar-refractivity contribution in [3.05, 3.63) is 72.8 Å². The largest absolute Gasteiger partial charge is 4.00 e. The summed E-state index contributed by atoms with van der Waals surface area (Å²) in [6.07, 6.45) is 0. The molecule has 0 spiro atoms. The number of hydrogen-bond acceptors (Lipinski definition) is 48. The molecular weight excluding hydrogens is 2260 g/mol. The molecule has 0 amide bonds. The molecule has 536 valence electrons. The summed E-state index contributed by atoms with van der Waals surface area (Å²) in [5.41, 5.74) is 0. The van der Waals surface area contributed by atoms with Crippen LogP contribution in [0.15, 0.2) is 92.4 Å². The van der Waals surface area contributed by atoms with Crippen LogP contribution in [0.4, 0.5) is 0 Å². The normalized spacial score (nSPS) is 12.3. The van der Waals surface area contributed by atoms with E-state index >= 15 is 0 Å². The second-order valence-corrected chi connectivity index (χ2v) is 35.0. The zero-order valence-electron chi connectivity index (χ0n) is 44.8. The Morgan fingerprint density at radius 2 is 0.293 bits per heavy atom. The Hall–Kier alpha value is 4.34. The summed E-state index contributed by atoms with van der Waals surface area (Å²) in [4.78, 5) is 270. The summed E-state index contributed by atoms with van der Waals surface area (Å²) in [5, 5.41) is -13.0. The summed E-state index contributed by atoms with van der Waals surface area (Å²) in [7, 11) is -88.6. The molecule has 0 unspecified atom stereocenters. The fraction of sp³-hybridized carbons (Fsp3) is 0. The minimum atomic E-state index is -5.90. The van der Waals surface area contributed by atoms with E-state index in [1.165, 1.54) is 0 Å². The average molecular weight is 2270 g/mol. The van der Waals surface area contributed by atoms with Gasteiger partial charge in [-0.1, -0.05) is 48.5 Å². The predicted octanol–water partition coefficient (Wildman–Crippen LogP) is -27.3. The van der Waals surface area contributed by atoms with Crippen molar-refractivity contribution >= 4 is 175 Å². The van der Waals surface area contributed by atoms with Crippen LogP contribution in [0.25, 0.3) is 0 Å². The molecule has 99 heavy (non-hydrogen) atoms. The van der Waals surface area contributed by atoms with Gasteiger partial charge in [0.05, 0.1) is 0 Å². The summed E-state index contributed by atoms with van der Waals surface area (Å²) >= 11 is 0. The van der Waals surface area contributed by atoms with Crippen molar-refractivity contribution in [2.45, 2.75) is 19.6 Å². The van der Waals surface area contributed by atoms with E-state index < -0.39 is 195 Å². The molecule has 4 aromatic carbocycles. The smallest absolute Gasteiger partial charge is 0.822 e. The monoisotopic (exact) mass is 2260 g/mol. The minimum Gasteiger partial charge on any atom is -0.822 e. The molecule has 0 saturated heterocycles. The van der Waals surface area contributed by atoms with E-state index in [1.807, 2.05) is 0 Å². The number of rotatable bonds is 12. The van der Waals surface area contributed by atoms with Crippen molar-refractivity contribution in [2.75, 3.05) is 0 Å². The zero-order valence-corrected chi connectivity index (χ0v) is 76.0. The molecule has 52 nitrogen and oxygen atoms in total. The minimum absolute atomic E-state index is 0. The summed E-state index contributed by atoms with van der Waals surface area (Å²) in [6.45, 7) is 0. The molecule has 0 saturated carbocycles.